The number of pyridine rings is 1. The van der Waals surface area contributed by atoms with Gasteiger partial charge in [-0.3, -0.25) is 4.98 Å². The van der Waals surface area contributed by atoms with Crippen molar-refractivity contribution in [2.75, 3.05) is 43.9 Å². The first-order valence-corrected chi connectivity index (χ1v) is 11.1. The minimum Gasteiger partial charge on any atom is -0.370 e. The number of hydrogen-bond acceptors (Lipinski definition) is 7. The van der Waals surface area contributed by atoms with Gasteiger partial charge in [-0.25, -0.2) is 9.97 Å². The molecule has 1 aromatic carbocycles. The summed E-state index contributed by atoms with van der Waals surface area (Å²) in [5.74, 6) is 0.506. The normalized spacial score (nSPS) is 13.4. The second-order valence-electron chi connectivity index (χ2n) is 8.37. The van der Waals surface area contributed by atoms with Crippen molar-refractivity contribution in [1.82, 2.24) is 19.9 Å². The van der Waals surface area contributed by atoms with Crippen molar-refractivity contribution in [3.63, 3.8) is 0 Å². The SMILES string of the molecule is CN(C)CCCc1ccc(Nc2nccc(-c3ccc(N4CCCC4)c(C#N)c3)n2)cn1. The van der Waals surface area contributed by atoms with E-state index in [2.05, 4.69) is 50.2 Å². The largest absolute Gasteiger partial charge is 0.370 e. The topological polar surface area (TPSA) is 81.0 Å². The zero-order chi connectivity index (χ0) is 22.3. The van der Waals surface area contributed by atoms with Crippen LogP contribution in [0.2, 0.25) is 0 Å². The van der Waals surface area contributed by atoms with Crippen molar-refractivity contribution in [2.24, 2.45) is 0 Å². The number of nitrogens with zero attached hydrogens (tertiary/aromatic N) is 6. The van der Waals surface area contributed by atoms with Gasteiger partial charge in [0.05, 0.1) is 28.8 Å². The summed E-state index contributed by atoms with van der Waals surface area (Å²) in [7, 11) is 4.16. The number of hydrogen-bond donors (Lipinski definition) is 1. The molecule has 1 N–H and O–H groups in total. The molecular weight excluding hydrogens is 398 g/mol. The van der Waals surface area contributed by atoms with E-state index in [4.69, 9.17) is 0 Å². The van der Waals surface area contributed by atoms with Crippen LogP contribution in [0.15, 0.2) is 48.8 Å². The van der Waals surface area contributed by atoms with Gasteiger partial charge in [0.2, 0.25) is 5.95 Å². The van der Waals surface area contributed by atoms with Gasteiger partial charge in [0.15, 0.2) is 0 Å². The minimum absolute atomic E-state index is 0.506. The zero-order valence-corrected chi connectivity index (χ0v) is 18.8. The molecule has 1 fully saturated rings. The Kier molecular flexibility index (Phi) is 6.93. The maximum Gasteiger partial charge on any atom is 0.227 e. The molecule has 1 aliphatic rings. The third kappa shape index (κ3) is 5.40. The van der Waals surface area contributed by atoms with Crippen LogP contribution in [-0.4, -0.2) is 53.6 Å². The van der Waals surface area contributed by atoms with E-state index in [1.807, 2.05) is 42.6 Å². The molecule has 3 heterocycles. The Labute approximate surface area is 189 Å². The highest BCUT2D eigenvalue weighted by atomic mass is 15.1. The molecule has 0 aliphatic carbocycles. The van der Waals surface area contributed by atoms with E-state index in [0.717, 1.165) is 60.8 Å². The number of anilines is 3. The molecule has 0 amide bonds. The van der Waals surface area contributed by atoms with Gasteiger partial charge < -0.3 is 15.1 Å². The number of nitrogens with one attached hydrogen (secondary N) is 1. The number of aryl methyl sites for hydroxylation is 1. The predicted molar refractivity (Wildman–Crippen MR) is 128 cm³/mol. The Balaban J connectivity index is 1.46. The molecule has 0 radical (unpaired) electrons. The molecule has 4 rings (SSSR count). The van der Waals surface area contributed by atoms with Crippen molar-refractivity contribution < 1.29 is 0 Å². The lowest BCUT2D eigenvalue weighted by Crippen LogP contribution is -2.18. The average Bonchev–Trinajstić information content (AvgIpc) is 3.34. The van der Waals surface area contributed by atoms with E-state index in [1.165, 1.54) is 12.8 Å². The molecule has 1 saturated heterocycles. The van der Waals surface area contributed by atoms with Gasteiger partial charge in [-0.05, 0) is 76.7 Å². The van der Waals surface area contributed by atoms with Crippen molar-refractivity contribution in [1.29, 1.82) is 5.26 Å². The van der Waals surface area contributed by atoms with E-state index in [0.29, 0.717) is 11.5 Å². The third-order valence-corrected chi connectivity index (χ3v) is 5.63. The van der Waals surface area contributed by atoms with Crippen LogP contribution in [0.3, 0.4) is 0 Å². The van der Waals surface area contributed by atoms with Crippen molar-refractivity contribution in [3.8, 4) is 17.3 Å². The first-order chi connectivity index (χ1) is 15.6. The zero-order valence-electron chi connectivity index (χ0n) is 18.8. The fourth-order valence-electron chi connectivity index (χ4n) is 3.95. The van der Waals surface area contributed by atoms with Gasteiger partial charge in [0.25, 0.3) is 0 Å². The average molecular weight is 428 g/mol. The number of aromatic nitrogens is 3. The van der Waals surface area contributed by atoms with Crippen LogP contribution in [0.4, 0.5) is 17.3 Å². The Morgan fingerprint density at radius 2 is 1.94 bits per heavy atom. The Morgan fingerprint density at radius 1 is 1.09 bits per heavy atom. The number of rotatable bonds is 8. The summed E-state index contributed by atoms with van der Waals surface area (Å²) in [5, 5.41) is 12.9. The molecule has 0 spiro atoms. The van der Waals surface area contributed by atoms with E-state index >= 15 is 0 Å². The highest BCUT2D eigenvalue weighted by Gasteiger charge is 2.16. The lowest BCUT2D eigenvalue weighted by molar-refractivity contribution is 0.399. The van der Waals surface area contributed by atoms with Gasteiger partial charge in [-0.2, -0.15) is 5.26 Å². The van der Waals surface area contributed by atoms with Crippen LogP contribution in [0.25, 0.3) is 11.3 Å². The smallest absolute Gasteiger partial charge is 0.227 e. The van der Waals surface area contributed by atoms with Crippen LogP contribution in [0.5, 0.6) is 0 Å². The highest BCUT2D eigenvalue weighted by molar-refractivity contribution is 5.70. The number of benzene rings is 1. The van der Waals surface area contributed by atoms with E-state index < -0.39 is 0 Å². The molecule has 3 aromatic rings. The second-order valence-corrected chi connectivity index (χ2v) is 8.37. The van der Waals surface area contributed by atoms with Gasteiger partial charge >= 0.3 is 0 Å². The van der Waals surface area contributed by atoms with Crippen LogP contribution in [0.1, 0.15) is 30.5 Å². The first kappa shape index (κ1) is 21.7. The van der Waals surface area contributed by atoms with Gasteiger partial charge in [-0.15, -0.1) is 0 Å². The summed E-state index contributed by atoms with van der Waals surface area (Å²) in [6.45, 7) is 3.07. The molecule has 32 heavy (non-hydrogen) atoms. The van der Waals surface area contributed by atoms with Crippen LogP contribution >= 0.6 is 0 Å². The third-order valence-electron chi connectivity index (χ3n) is 5.63. The van der Waals surface area contributed by atoms with Crippen molar-refractivity contribution in [3.05, 3.63) is 60.0 Å². The molecule has 164 valence electrons. The van der Waals surface area contributed by atoms with Crippen LogP contribution in [0, 0.1) is 11.3 Å². The summed E-state index contributed by atoms with van der Waals surface area (Å²) in [6, 6.07) is 14.3. The monoisotopic (exact) mass is 427 g/mol. The lowest BCUT2D eigenvalue weighted by Gasteiger charge is -2.19. The van der Waals surface area contributed by atoms with E-state index in [-0.39, 0.29) is 0 Å². The standard InChI is InChI=1S/C25H29N7/c1-31(2)13-5-6-21-8-9-22(18-28-21)29-25-27-12-11-23(30-25)19-7-10-24(20(16-19)17-26)32-14-3-4-15-32/h7-12,16,18H,3-6,13-15H2,1-2H3,(H,27,29,30). The summed E-state index contributed by atoms with van der Waals surface area (Å²) < 4.78 is 0. The molecule has 0 bridgehead atoms. The van der Waals surface area contributed by atoms with E-state index in [1.54, 1.807) is 6.20 Å². The van der Waals surface area contributed by atoms with Crippen molar-refractivity contribution in [2.45, 2.75) is 25.7 Å². The maximum absolute atomic E-state index is 9.67. The fraction of sp³-hybridized carbons (Fsp3) is 0.360. The Hall–Kier alpha value is -3.50. The summed E-state index contributed by atoms with van der Waals surface area (Å²) >= 11 is 0. The molecule has 7 nitrogen and oxygen atoms in total. The summed E-state index contributed by atoms with van der Waals surface area (Å²) in [4.78, 5) is 18.0. The molecule has 0 saturated carbocycles. The first-order valence-electron chi connectivity index (χ1n) is 11.1. The molecule has 1 aliphatic heterocycles. The molecule has 0 atom stereocenters. The quantitative estimate of drug-likeness (QED) is 0.575. The molecule has 2 aromatic heterocycles. The number of nitriles is 1. The Bertz CT molecular complexity index is 1080. The molecule has 0 unspecified atom stereocenters. The van der Waals surface area contributed by atoms with Crippen LogP contribution in [-0.2, 0) is 6.42 Å². The van der Waals surface area contributed by atoms with E-state index in [9.17, 15) is 5.26 Å². The maximum atomic E-state index is 9.67. The predicted octanol–water partition coefficient (Wildman–Crippen LogP) is 4.25. The highest BCUT2D eigenvalue weighted by Crippen LogP contribution is 2.29. The second kappa shape index (κ2) is 10.2. The molecule has 7 heteroatoms. The van der Waals surface area contributed by atoms with Gasteiger partial charge in [0, 0.05) is 30.5 Å². The van der Waals surface area contributed by atoms with Gasteiger partial charge in [0.1, 0.15) is 6.07 Å². The van der Waals surface area contributed by atoms with Crippen LogP contribution < -0.4 is 10.2 Å². The lowest BCUT2D eigenvalue weighted by atomic mass is 10.1. The van der Waals surface area contributed by atoms with Gasteiger partial charge in [-0.1, -0.05) is 6.07 Å². The Morgan fingerprint density at radius 3 is 2.66 bits per heavy atom. The fourth-order valence-corrected chi connectivity index (χ4v) is 3.95. The van der Waals surface area contributed by atoms with Crippen molar-refractivity contribution >= 4 is 17.3 Å². The molecular formula is C25H29N7. The summed E-state index contributed by atoms with van der Waals surface area (Å²) in [5.41, 5.74) is 5.31. The minimum atomic E-state index is 0.506. The summed E-state index contributed by atoms with van der Waals surface area (Å²) in [6.07, 6.45) is 7.95.